The molecule has 42 heavy (non-hydrogen) atoms. The Bertz CT molecular complexity index is 1600. The van der Waals surface area contributed by atoms with Gasteiger partial charge >= 0.3 is 0 Å². The minimum atomic E-state index is -0.976. The van der Waals surface area contributed by atoms with E-state index in [1.165, 1.54) is 0 Å². The molecule has 216 valence electrons. The Morgan fingerprint density at radius 2 is 1.43 bits per heavy atom. The normalized spacial score (nSPS) is 22.1. The quantitative estimate of drug-likeness (QED) is 0.237. The van der Waals surface area contributed by atoms with Gasteiger partial charge in [0.1, 0.15) is 23.9 Å². The molecule has 1 saturated heterocycles. The van der Waals surface area contributed by atoms with Crippen molar-refractivity contribution in [1.29, 1.82) is 0 Å². The third-order valence-corrected chi connectivity index (χ3v) is 7.49. The van der Waals surface area contributed by atoms with Gasteiger partial charge in [-0.15, -0.1) is 5.10 Å². The maximum Gasteiger partial charge on any atom is 0.240 e. The first kappa shape index (κ1) is 27.8. The molecule has 0 unspecified atom stereocenters. The van der Waals surface area contributed by atoms with Gasteiger partial charge < -0.3 is 30.4 Å². The van der Waals surface area contributed by atoms with Crippen LogP contribution in [-0.2, 0) is 38.8 Å². The highest BCUT2D eigenvalue weighted by atomic mass is 16.6. The van der Waals surface area contributed by atoms with Gasteiger partial charge in [-0.2, -0.15) is 4.98 Å². The monoisotopic (exact) mass is 566 g/mol. The zero-order valence-electron chi connectivity index (χ0n) is 23.4. The summed E-state index contributed by atoms with van der Waals surface area (Å²) < 4.78 is 27.9. The van der Waals surface area contributed by atoms with Crippen molar-refractivity contribution in [2.75, 3.05) is 18.1 Å². The molecule has 0 spiro atoms. The van der Waals surface area contributed by atoms with Gasteiger partial charge in [0.2, 0.25) is 5.95 Å². The summed E-state index contributed by atoms with van der Waals surface area (Å²) >= 11 is 0. The lowest BCUT2D eigenvalue weighted by Crippen LogP contribution is -2.47. The summed E-state index contributed by atoms with van der Waals surface area (Å²) in [4.78, 5) is 8.54. The minimum Gasteiger partial charge on any atom is -0.380 e. The fraction of sp³-hybridized carbons (Fsp3) is 0.281. The average Bonchev–Trinajstić information content (AvgIpc) is 3.55. The summed E-state index contributed by atoms with van der Waals surface area (Å²) in [5.74, 6) is 0.210. The first-order chi connectivity index (χ1) is 20.5. The molecule has 0 aliphatic carbocycles. The van der Waals surface area contributed by atoms with Gasteiger partial charge in [-0.05, 0) is 23.6 Å². The number of aromatic nitrogens is 4. The van der Waals surface area contributed by atoms with Crippen molar-refractivity contribution in [3.05, 3.63) is 120 Å². The Kier molecular flexibility index (Phi) is 8.11. The van der Waals surface area contributed by atoms with Gasteiger partial charge in [-0.3, -0.25) is 0 Å². The van der Waals surface area contributed by atoms with Crippen molar-refractivity contribution in [2.45, 2.75) is 50.7 Å². The summed E-state index contributed by atoms with van der Waals surface area (Å²) in [6.07, 6.45) is 0.0568. The van der Waals surface area contributed by atoms with E-state index < -0.39 is 23.9 Å². The second-order valence-electron chi connectivity index (χ2n) is 10.5. The van der Waals surface area contributed by atoms with E-state index in [0.29, 0.717) is 31.2 Å². The van der Waals surface area contributed by atoms with E-state index in [1.807, 2.05) is 97.9 Å². The molecule has 5 aromatic rings. The molecule has 0 bridgehead atoms. The van der Waals surface area contributed by atoms with E-state index in [4.69, 9.17) is 30.4 Å². The molecule has 0 radical (unpaired) electrons. The standard InChI is InChI=1S/C32H34N6O4/c1-32(41-20-24-15-9-4-10-16-24)27(25-17-35-30-29(33)36-31(34)37-38(25)30)42-26(21-39-18-22-11-5-2-6-12-22)28(32)40-19-23-13-7-3-8-14-23/h2-17,26-28H,18-21H2,1H3,(H4,33,34,36,37)/t26-,27+,28-,32+/m1/s1. The van der Waals surface area contributed by atoms with E-state index in [2.05, 4.69) is 15.1 Å². The molecular formula is C32H34N6O4. The highest BCUT2D eigenvalue weighted by Crippen LogP contribution is 2.46. The number of nitrogens with two attached hydrogens (primary N) is 2. The molecule has 10 heteroatoms. The van der Waals surface area contributed by atoms with E-state index in [-0.39, 0.29) is 18.4 Å². The topological polar surface area (TPSA) is 132 Å². The number of rotatable bonds is 11. The lowest BCUT2D eigenvalue weighted by molar-refractivity contribution is -0.148. The van der Waals surface area contributed by atoms with E-state index in [1.54, 1.807) is 10.7 Å². The number of hydrogen-bond acceptors (Lipinski definition) is 9. The molecule has 1 aliphatic heterocycles. The Labute approximate surface area is 244 Å². The van der Waals surface area contributed by atoms with Gasteiger partial charge in [0.15, 0.2) is 11.5 Å². The number of anilines is 2. The van der Waals surface area contributed by atoms with Crippen molar-refractivity contribution in [3.8, 4) is 0 Å². The molecular weight excluding hydrogens is 532 g/mol. The molecule has 0 saturated carbocycles. The van der Waals surface area contributed by atoms with Crippen LogP contribution in [0.3, 0.4) is 0 Å². The molecule has 0 amide bonds. The number of nitrogen functional groups attached to an aromatic ring is 2. The number of nitrogens with zero attached hydrogens (tertiary/aromatic N) is 4. The van der Waals surface area contributed by atoms with E-state index in [9.17, 15) is 0 Å². The summed E-state index contributed by atoms with van der Waals surface area (Å²) in [5, 5.41) is 4.40. The molecule has 2 aromatic heterocycles. The van der Waals surface area contributed by atoms with Crippen molar-refractivity contribution in [1.82, 2.24) is 19.6 Å². The number of hydrogen-bond donors (Lipinski definition) is 2. The first-order valence-electron chi connectivity index (χ1n) is 13.9. The Balaban J connectivity index is 1.35. The Hall–Kier alpha value is -4.35. The molecule has 4 N–H and O–H groups in total. The largest absolute Gasteiger partial charge is 0.380 e. The first-order valence-corrected chi connectivity index (χ1v) is 13.9. The van der Waals surface area contributed by atoms with Crippen LogP contribution in [-0.4, -0.2) is 44.0 Å². The van der Waals surface area contributed by atoms with Crippen LogP contribution in [0, 0.1) is 0 Å². The average molecular weight is 567 g/mol. The van der Waals surface area contributed by atoms with Crippen LogP contribution in [0.15, 0.2) is 97.2 Å². The predicted molar refractivity (Wildman–Crippen MR) is 158 cm³/mol. The number of imidazole rings is 1. The lowest BCUT2D eigenvalue weighted by atomic mass is 9.90. The highest BCUT2D eigenvalue weighted by molar-refractivity contribution is 5.61. The zero-order chi connectivity index (χ0) is 28.9. The number of benzene rings is 3. The van der Waals surface area contributed by atoms with Crippen molar-refractivity contribution < 1.29 is 18.9 Å². The second kappa shape index (κ2) is 12.3. The van der Waals surface area contributed by atoms with Crippen LogP contribution in [0.2, 0.25) is 0 Å². The molecule has 3 heterocycles. The molecule has 10 nitrogen and oxygen atoms in total. The Morgan fingerprint density at radius 1 is 0.833 bits per heavy atom. The SMILES string of the molecule is C[C@@]1(OCc2ccccc2)[C@H](OCc2ccccc2)[C@@H](COCc2ccccc2)O[C@H]1c1cnc2c(N)nc(N)nn12. The molecule has 1 fully saturated rings. The van der Waals surface area contributed by atoms with Crippen LogP contribution in [0.5, 0.6) is 0 Å². The molecule has 6 rings (SSSR count). The smallest absolute Gasteiger partial charge is 0.240 e. The fourth-order valence-electron chi connectivity index (χ4n) is 5.38. The van der Waals surface area contributed by atoms with E-state index >= 15 is 0 Å². The lowest BCUT2D eigenvalue weighted by Gasteiger charge is -2.35. The zero-order valence-corrected chi connectivity index (χ0v) is 23.4. The summed E-state index contributed by atoms with van der Waals surface area (Å²) in [6.45, 7) is 3.44. The summed E-state index contributed by atoms with van der Waals surface area (Å²) in [7, 11) is 0. The molecule has 1 aliphatic rings. The van der Waals surface area contributed by atoms with E-state index in [0.717, 1.165) is 16.7 Å². The minimum absolute atomic E-state index is 0.0313. The van der Waals surface area contributed by atoms with Gasteiger partial charge in [0, 0.05) is 0 Å². The van der Waals surface area contributed by atoms with Crippen molar-refractivity contribution >= 4 is 17.4 Å². The third-order valence-electron chi connectivity index (χ3n) is 7.49. The van der Waals surface area contributed by atoms with Gasteiger partial charge in [0.05, 0.1) is 38.3 Å². The van der Waals surface area contributed by atoms with Crippen LogP contribution >= 0.6 is 0 Å². The predicted octanol–water partition coefficient (Wildman–Crippen LogP) is 4.51. The number of ether oxygens (including phenoxy) is 4. The molecule has 4 atom stereocenters. The van der Waals surface area contributed by atoms with Crippen LogP contribution in [0.25, 0.3) is 5.65 Å². The van der Waals surface area contributed by atoms with Crippen molar-refractivity contribution in [3.63, 3.8) is 0 Å². The van der Waals surface area contributed by atoms with Crippen LogP contribution in [0.4, 0.5) is 11.8 Å². The second-order valence-corrected chi connectivity index (χ2v) is 10.5. The summed E-state index contributed by atoms with van der Waals surface area (Å²) in [5.41, 5.74) is 15.3. The van der Waals surface area contributed by atoms with Crippen molar-refractivity contribution in [2.24, 2.45) is 0 Å². The fourth-order valence-corrected chi connectivity index (χ4v) is 5.38. The maximum atomic E-state index is 6.77. The number of fused-ring (bicyclic) bond motifs is 1. The van der Waals surface area contributed by atoms with Crippen LogP contribution < -0.4 is 11.5 Å². The maximum absolute atomic E-state index is 6.77. The Morgan fingerprint density at radius 3 is 2.07 bits per heavy atom. The van der Waals surface area contributed by atoms with Gasteiger partial charge in [-0.25, -0.2) is 9.50 Å². The van der Waals surface area contributed by atoms with Gasteiger partial charge in [-0.1, -0.05) is 91.0 Å². The highest BCUT2D eigenvalue weighted by Gasteiger charge is 2.57. The molecule has 3 aromatic carbocycles. The van der Waals surface area contributed by atoms with Gasteiger partial charge in [0.25, 0.3) is 0 Å². The third kappa shape index (κ3) is 5.83. The summed E-state index contributed by atoms with van der Waals surface area (Å²) in [6, 6.07) is 30.1. The van der Waals surface area contributed by atoms with Crippen LogP contribution in [0.1, 0.15) is 35.4 Å².